The number of anilines is 1. The average Bonchev–Trinajstić information content (AvgIpc) is 2.75. The van der Waals surface area contributed by atoms with E-state index in [0.29, 0.717) is 16.9 Å². The van der Waals surface area contributed by atoms with Crippen LogP contribution in [-0.4, -0.2) is 25.4 Å². The number of aliphatic imine (C=N–C) groups is 1. The number of thioether (sulfide) groups is 1. The highest BCUT2D eigenvalue weighted by Gasteiger charge is 2.20. The van der Waals surface area contributed by atoms with Crippen molar-refractivity contribution in [2.75, 3.05) is 11.9 Å². The summed E-state index contributed by atoms with van der Waals surface area (Å²) in [7, 11) is -3.67. The number of nitrogens with two attached hydrogens (primary N) is 1. The zero-order chi connectivity index (χ0) is 14.8. The molecule has 0 spiro atoms. The van der Waals surface area contributed by atoms with Gasteiger partial charge in [0.2, 0.25) is 10.0 Å². The first-order valence-corrected chi connectivity index (χ1v) is 8.88. The molecule has 1 aliphatic heterocycles. The number of benzene rings is 1. The molecule has 0 amide bonds. The first-order chi connectivity index (χ1) is 9.34. The molecule has 1 atom stereocenters. The number of nitrogens with one attached hydrogen (secondary N) is 1. The minimum atomic E-state index is -3.67. The first-order valence-electron chi connectivity index (χ1n) is 6.45. The molecule has 1 aromatic carbocycles. The number of amidine groups is 1. The zero-order valence-corrected chi connectivity index (χ0v) is 13.2. The first kappa shape index (κ1) is 15.3. The standard InChI is InChI=1S/C13H19N3O2S2/c1-9(2)6-11-8-15-13(19-11)16-10-4-3-5-12(7-10)20(14,17)18/h3-5,7,9,11H,6,8H2,1-2H3,(H,15,16)(H2,14,17,18). The minimum absolute atomic E-state index is 0.102. The van der Waals surface area contributed by atoms with Gasteiger partial charge in [0.05, 0.1) is 11.4 Å². The zero-order valence-electron chi connectivity index (χ0n) is 11.5. The third-order valence-electron chi connectivity index (χ3n) is 2.86. The van der Waals surface area contributed by atoms with Gasteiger partial charge in [-0.25, -0.2) is 13.6 Å². The Balaban J connectivity index is 2.02. The lowest BCUT2D eigenvalue weighted by Crippen LogP contribution is -2.13. The van der Waals surface area contributed by atoms with Crippen molar-refractivity contribution >= 4 is 32.6 Å². The Morgan fingerprint density at radius 3 is 2.90 bits per heavy atom. The van der Waals surface area contributed by atoms with Gasteiger partial charge < -0.3 is 5.32 Å². The summed E-state index contributed by atoms with van der Waals surface area (Å²) in [6.07, 6.45) is 1.12. The molecule has 1 heterocycles. The lowest BCUT2D eigenvalue weighted by Gasteiger charge is -2.11. The fraction of sp³-hybridized carbons (Fsp3) is 0.462. The monoisotopic (exact) mass is 313 g/mol. The average molecular weight is 313 g/mol. The smallest absolute Gasteiger partial charge is 0.238 e. The highest BCUT2D eigenvalue weighted by atomic mass is 32.2. The van der Waals surface area contributed by atoms with Crippen LogP contribution in [0.3, 0.4) is 0 Å². The lowest BCUT2D eigenvalue weighted by atomic mass is 10.1. The summed E-state index contributed by atoms with van der Waals surface area (Å²) in [6.45, 7) is 5.20. The Hall–Kier alpha value is -1.05. The number of hydrogen-bond acceptors (Lipinski definition) is 5. The molecule has 2 rings (SSSR count). The maximum atomic E-state index is 11.3. The van der Waals surface area contributed by atoms with Gasteiger partial charge in [0, 0.05) is 10.9 Å². The van der Waals surface area contributed by atoms with Gasteiger partial charge in [-0.2, -0.15) is 0 Å². The summed E-state index contributed by atoms with van der Waals surface area (Å²) in [6, 6.07) is 6.46. The van der Waals surface area contributed by atoms with Gasteiger partial charge in [-0.1, -0.05) is 31.7 Å². The maximum Gasteiger partial charge on any atom is 0.238 e. The topological polar surface area (TPSA) is 84.5 Å². The summed E-state index contributed by atoms with van der Waals surface area (Å²) in [5.74, 6) is 0.646. The maximum absolute atomic E-state index is 11.3. The molecule has 0 radical (unpaired) electrons. The number of hydrogen-bond donors (Lipinski definition) is 2. The fourth-order valence-corrected chi connectivity index (χ4v) is 3.84. The number of primary sulfonamides is 1. The highest BCUT2D eigenvalue weighted by Crippen LogP contribution is 2.27. The predicted octanol–water partition coefficient (Wildman–Crippen LogP) is 2.26. The van der Waals surface area contributed by atoms with Crippen molar-refractivity contribution in [1.29, 1.82) is 0 Å². The van der Waals surface area contributed by atoms with Crippen LogP contribution < -0.4 is 10.5 Å². The molecule has 1 unspecified atom stereocenters. The Morgan fingerprint density at radius 2 is 2.25 bits per heavy atom. The van der Waals surface area contributed by atoms with Crippen LogP contribution in [0.1, 0.15) is 20.3 Å². The second-order valence-electron chi connectivity index (χ2n) is 5.21. The van der Waals surface area contributed by atoms with E-state index in [4.69, 9.17) is 5.14 Å². The van der Waals surface area contributed by atoms with Gasteiger partial charge in [0.25, 0.3) is 0 Å². The van der Waals surface area contributed by atoms with Gasteiger partial charge in [-0.15, -0.1) is 0 Å². The van der Waals surface area contributed by atoms with Crippen molar-refractivity contribution in [1.82, 2.24) is 0 Å². The molecule has 1 aliphatic rings. The second-order valence-corrected chi connectivity index (χ2v) is 8.06. The van der Waals surface area contributed by atoms with Crippen LogP contribution in [0, 0.1) is 5.92 Å². The van der Waals surface area contributed by atoms with Gasteiger partial charge >= 0.3 is 0 Å². The third-order valence-corrected chi connectivity index (χ3v) is 4.91. The molecule has 7 heteroatoms. The van der Waals surface area contributed by atoms with E-state index < -0.39 is 10.0 Å². The van der Waals surface area contributed by atoms with Crippen LogP contribution in [0.4, 0.5) is 5.69 Å². The lowest BCUT2D eigenvalue weighted by molar-refractivity contribution is 0.575. The van der Waals surface area contributed by atoms with E-state index in [1.807, 2.05) is 0 Å². The molecule has 1 aromatic rings. The predicted molar refractivity (Wildman–Crippen MR) is 84.6 cm³/mol. The van der Waals surface area contributed by atoms with E-state index in [2.05, 4.69) is 24.2 Å². The summed E-state index contributed by atoms with van der Waals surface area (Å²) in [4.78, 5) is 4.55. The molecule has 3 N–H and O–H groups in total. The molecular weight excluding hydrogens is 294 g/mol. The fourth-order valence-electron chi connectivity index (χ4n) is 2.01. The Labute approximate surface area is 124 Å². The summed E-state index contributed by atoms with van der Waals surface area (Å²) in [5.41, 5.74) is 0.688. The molecular formula is C13H19N3O2S2. The molecule has 0 saturated carbocycles. The molecule has 5 nitrogen and oxygen atoms in total. The molecule has 0 aromatic heterocycles. The number of rotatable bonds is 4. The van der Waals surface area contributed by atoms with Crippen molar-refractivity contribution in [2.24, 2.45) is 16.0 Å². The van der Waals surface area contributed by atoms with E-state index in [1.54, 1.807) is 23.9 Å². The third kappa shape index (κ3) is 4.22. The normalized spacial score (nSPS) is 19.2. The molecule has 0 saturated heterocycles. The molecule has 20 heavy (non-hydrogen) atoms. The van der Waals surface area contributed by atoms with Gasteiger partial charge in [-0.05, 0) is 30.5 Å². The van der Waals surface area contributed by atoms with Crippen molar-refractivity contribution in [3.8, 4) is 0 Å². The van der Waals surface area contributed by atoms with Crippen molar-refractivity contribution in [3.05, 3.63) is 24.3 Å². The Kier molecular flexibility index (Phi) is 4.72. The highest BCUT2D eigenvalue weighted by molar-refractivity contribution is 8.15. The Morgan fingerprint density at radius 1 is 1.50 bits per heavy atom. The minimum Gasteiger partial charge on any atom is -0.335 e. The summed E-state index contributed by atoms with van der Waals surface area (Å²) in [5, 5.41) is 9.60. The SMILES string of the molecule is CC(C)CC1CN=C(Nc2cccc(S(N)(=O)=O)c2)S1. The van der Waals surface area contributed by atoms with Crippen LogP contribution in [-0.2, 0) is 10.0 Å². The van der Waals surface area contributed by atoms with Crippen LogP contribution in [0.15, 0.2) is 34.2 Å². The van der Waals surface area contributed by atoms with Crippen LogP contribution >= 0.6 is 11.8 Å². The van der Waals surface area contributed by atoms with E-state index in [1.165, 1.54) is 12.1 Å². The molecule has 110 valence electrons. The summed E-state index contributed by atoms with van der Waals surface area (Å²) >= 11 is 1.71. The second kappa shape index (κ2) is 6.15. The van der Waals surface area contributed by atoms with E-state index in [-0.39, 0.29) is 4.90 Å². The summed E-state index contributed by atoms with van der Waals surface area (Å²) < 4.78 is 22.6. The van der Waals surface area contributed by atoms with Crippen LogP contribution in [0.5, 0.6) is 0 Å². The van der Waals surface area contributed by atoms with Crippen LogP contribution in [0.25, 0.3) is 0 Å². The van der Waals surface area contributed by atoms with Gasteiger partial charge in [-0.3, -0.25) is 4.99 Å². The van der Waals surface area contributed by atoms with E-state index >= 15 is 0 Å². The molecule has 0 bridgehead atoms. The Bertz CT molecular complexity index is 612. The van der Waals surface area contributed by atoms with Gasteiger partial charge in [0.1, 0.15) is 0 Å². The molecule has 0 aliphatic carbocycles. The number of sulfonamides is 1. The van der Waals surface area contributed by atoms with E-state index in [9.17, 15) is 8.42 Å². The van der Waals surface area contributed by atoms with Crippen LogP contribution in [0.2, 0.25) is 0 Å². The number of nitrogens with zero attached hydrogens (tertiary/aromatic N) is 1. The van der Waals surface area contributed by atoms with E-state index in [0.717, 1.165) is 18.1 Å². The quantitative estimate of drug-likeness (QED) is 0.893. The molecule has 0 fully saturated rings. The van der Waals surface area contributed by atoms with Crippen molar-refractivity contribution in [3.63, 3.8) is 0 Å². The largest absolute Gasteiger partial charge is 0.335 e. The van der Waals surface area contributed by atoms with Gasteiger partial charge in [0.15, 0.2) is 5.17 Å². The van der Waals surface area contributed by atoms with Crippen molar-refractivity contribution in [2.45, 2.75) is 30.4 Å². The van der Waals surface area contributed by atoms with Crippen molar-refractivity contribution < 1.29 is 8.42 Å².